The predicted octanol–water partition coefficient (Wildman–Crippen LogP) is 6.68. The van der Waals surface area contributed by atoms with Crippen molar-refractivity contribution >= 4 is 56.4 Å². The minimum absolute atomic E-state index is 0.188. The first-order chi connectivity index (χ1) is 14.0. The van der Waals surface area contributed by atoms with E-state index in [-0.39, 0.29) is 5.91 Å². The van der Waals surface area contributed by atoms with E-state index in [9.17, 15) is 4.79 Å². The molecule has 2 heterocycles. The van der Waals surface area contributed by atoms with Crippen LogP contribution >= 0.6 is 50.5 Å². The third kappa shape index (κ3) is 4.84. The Labute approximate surface area is 192 Å². The summed E-state index contributed by atoms with van der Waals surface area (Å²) >= 11 is 17.4. The number of hydrazine groups is 1. The highest BCUT2D eigenvalue weighted by Crippen LogP contribution is 2.40. The standard InChI is InChI=1S/C21H18BrCl2N3OS/c22-14-6-4-13(5-7-14)19-18(16-9-8-15(23)12-17(16)24)25-21(29-19)20(28)26-27-10-2-1-3-11-27/h4-9,12H,1-3,10-11H2,(H,26,28). The summed E-state index contributed by atoms with van der Waals surface area (Å²) in [6.07, 6.45) is 3.39. The fourth-order valence-electron chi connectivity index (χ4n) is 3.28. The average Bonchev–Trinajstić information content (AvgIpc) is 3.14. The first kappa shape index (κ1) is 20.8. The van der Waals surface area contributed by atoms with Gasteiger partial charge in [-0.3, -0.25) is 10.2 Å². The van der Waals surface area contributed by atoms with Crippen LogP contribution in [0.1, 0.15) is 29.1 Å². The molecule has 150 valence electrons. The molecule has 8 heteroatoms. The molecule has 0 aliphatic carbocycles. The van der Waals surface area contributed by atoms with Crippen molar-refractivity contribution in [3.63, 3.8) is 0 Å². The summed E-state index contributed by atoms with van der Waals surface area (Å²) in [5.41, 5.74) is 5.40. The summed E-state index contributed by atoms with van der Waals surface area (Å²) in [4.78, 5) is 18.4. The molecule has 1 fully saturated rings. The van der Waals surface area contributed by atoms with Gasteiger partial charge in [0.1, 0.15) is 0 Å². The number of hydrogen-bond acceptors (Lipinski definition) is 4. The highest BCUT2D eigenvalue weighted by molar-refractivity contribution is 9.10. The van der Waals surface area contributed by atoms with Gasteiger partial charge >= 0.3 is 0 Å². The number of amides is 1. The van der Waals surface area contributed by atoms with Crippen molar-refractivity contribution in [1.82, 2.24) is 15.4 Å². The van der Waals surface area contributed by atoms with Gasteiger partial charge in [0, 0.05) is 28.1 Å². The maximum absolute atomic E-state index is 12.9. The number of hydrogen-bond donors (Lipinski definition) is 1. The van der Waals surface area contributed by atoms with E-state index in [2.05, 4.69) is 26.3 Å². The van der Waals surface area contributed by atoms with Crippen molar-refractivity contribution in [2.75, 3.05) is 13.1 Å². The Morgan fingerprint density at radius 2 is 1.79 bits per heavy atom. The average molecular weight is 511 g/mol. The fraction of sp³-hybridized carbons (Fsp3) is 0.238. The van der Waals surface area contributed by atoms with Gasteiger partial charge in [-0.15, -0.1) is 11.3 Å². The number of carbonyl (C=O) groups excluding carboxylic acids is 1. The number of nitrogens with zero attached hydrogens (tertiary/aromatic N) is 2. The Balaban J connectivity index is 1.73. The molecule has 0 radical (unpaired) electrons. The summed E-state index contributed by atoms with van der Waals surface area (Å²) in [6, 6.07) is 13.2. The maximum atomic E-state index is 12.9. The van der Waals surface area contributed by atoms with Crippen LogP contribution in [-0.2, 0) is 0 Å². The van der Waals surface area contributed by atoms with E-state index in [4.69, 9.17) is 23.2 Å². The van der Waals surface area contributed by atoms with Crippen molar-refractivity contribution in [3.8, 4) is 21.7 Å². The van der Waals surface area contributed by atoms with Crippen LogP contribution in [0.2, 0.25) is 10.0 Å². The van der Waals surface area contributed by atoms with Crippen molar-refractivity contribution in [2.24, 2.45) is 0 Å². The molecule has 3 aromatic rings. The van der Waals surface area contributed by atoms with E-state index >= 15 is 0 Å². The number of thiazole rings is 1. The van der Waals surface area contributed by atoms with Gasteiger partial charge in [-0.05, 0) is 48.7 Å². The van der Waals surface area contributed by atoms with E-state index in [1.807, 2.05) is 35.3 Å². The Morgan fingerprint density at radius 3 is 2.48 bits per heavy atom. The molecule has 4 rings (SSSR count). The molecule has 0 unspecified atom stereocenters. The van der Waals surface area contributed by atoms with Crippen LogP contribution in [0.25, 0.3) is 21.7 Å². The zero-order valence-corrected chi connectivity index (χ0v) is 19.3. The number of halogens is 3. The molecule has 29 heavy (non-hydrogen) atoms. The van der Waals surface area contributed by atoms with Gasteiger partial charge in [0.15, 0.2) is 5.01 Å². The molecule has 0 saturated carbocycles. The Bertz CT molecular complexity index is 1030. The van der Waals surface area contributed by atoms with Gasteiger partial charge in [0.05, 0.1) is 15.6 Å². The molecule has 1 aliphatic heterocycles. The maximum Gasteiger partial charge on any atom is 0.294 e. The molecule has 1 saturated heterocycles. The summed E-state index contributed by atoms with van der Waals surface area (Å²) in [6.45, 7) is 1.74. The first-order valence-corrected chi connectivity index (χ1v) is 11.7. The van der Waals surface area contributed by atoms with Gasteiger partial charge in [-0.25, -0.2) is 9.99 Å². The van der Waals surface area contributed by atoms with E-state index in [0.717, 1.165) is 46.4 Å². The molecule has 1 aliphatic rings. The van der Waals surface area contributed by atoms with Crippen molar-refractivity contribution in [2.45, 2.75) is 19.3 Å². The molecule has 1 N–H and O–H groups in total. The third-order valence-corrected chi connectivity index (χ3v) is 6.91. The van der Waals surface area contributed by atoms with E-state index < -0.39 is 0 Å². The lowest BCUT2D eigenvalue weighted by molar-refractivity contribution is 0.0750. The number of carbonyl (C=O) groups is 1. The summed E-state index contributed by atoms with van der Waals surface area (Å²) in [7, 11) is 0. The van der Waals surface area contributed by atoms with Crippen LogP contribution in [-0.4, -0.2) is 29.0 Å². The Hall–Kier alpha value is -1.44. The van der Waals surface area contributed by atoms with Gasteiger partial charge in [-0.1, -0.05) is 57.7 Å². The van der Waals surface area contributed by atoms with Crippen molar-refractivity contribution in [3.05, 3.63) is 62.0 Å². The summed E-state index contributed by atoms with van der Waals surface area (Å²) in [5.74, 6) is -0.188. The lowest BCUT2D eigenvalue weighted by Crippen LogP contribution is -2.45. The van der Waals surface area contributed by atoms with Crippen LogP contribution in [0.15, 0.2) is 46.9 Å². The van der Waals surface area contributed by atoms with Gasteiger partial charge in [0.2, 0.25) is 0 Å². The lowest BCUT2D eigenvalue weighted by atomic mass is 10.1. The third-order valence-electron chi connectivity index (χ3n) is 4.73. The van der Waals surface area contributed by atoms with Gasteiger partial charge in [0.25, 0.3) is 5.91 Å². The second kappa shape index (κ2) is 9.14. The minimum atomic E-state index is -0.188. The van der Waals surface area contributed by atoms with E-state index in [0.29, 0.717) is 20.7 Å². The predicted molar refractivity (Wildman–Crippen MR) is 124 cm³/mol. The molecule has 2 aromatic carbocycles. The number of rotatable bonds is 4. The molecule has 1 aromatic heterocycles. The quantitative estimate of drug-likeness (QED) is 0.425. The fourth-order valence-corrected chi connectivity index (χ4v) is 5.01. The molecule has 4 nitrogen and oxygen atoms in total. The minimum Gasteiger partial charge on any atom is -0.283 e. The second-order valence-corrected chi connectivity index (χ2v) is 9.57. The zero-order valence-electron chi connectivity index (χ0n) is 15.4. The van der Waals surface area contributed by atoms with Crippen molar-refractivity contribution < 1.29 is 4.79 Å². The van der Waals surface area contributed by atoms with Crippen LogP contribution < -0.4 is 5.43 Å². The van der Waals surface area contributed by atoms with Crippen molar-refractivity contribution in [1.29, 1.82) is 0 Å². The highest BCUT2D eigenvalue weighted by Gasteiger charge is 2.22. The summed E-state index contributed by atoms with van der Waals surface area (Å²) in [5, 5.41) is 3.45. The van der Waals surface area contributed by atoms with Crippen LogP contribution in [0.5, 0.6) is 0 Å². The molecule has 0 spiro atoms. The molecule has 1 amide bonds. The molecule has 0 bridgehead atoms. The normalized spacial score (nSPS) is 14.7. The molecule has 0 atom stereocenters. The van der Waals surface area contributed by atoms with E-state index in [1.165, 1.54) is 17.8 Å². The number of piperidine rings is 1. The molecular weight excluding hydrogens is 493 g/mol. The number of benzene rings is 2. The highest BCUT2D eigenvalue weighted by atomic mass is 79.9. The Kier molecular flexibility index (Phi) is 6.56. The first-order valence-electron chi connectivity index (χ1n) is 9.29. The van der Waals surface area contributed by atoms with Crippen LogP contribution in [0.4, 0.5) is 0 Å². The topological polar surface area (TPSA) is 45.2 Å². The second-order valence-electron chi connectivity index (χ2n) is 6.82. The van der Waals surface area contributed by atoms with Gasteiger partial charge < -0.3 is 0 Å². The lowest BCUT2D eigenvalue weighted by Gasteiger charge is -2.26. The number of aromatic nitrogens is 1. The van der Waals surface area contributed by atoms with Crippen LogP contribution in [0, 0.1) is 0 Å². The van der Waals surface area contributed by atoms with Crippen LogP contribution in [0.3, 0.4) is 0 Å². The SMILES string of the molecule is O=C(NN1CCCCC1)c1nc(-c2ccc(Cl)cc2Cl)c(-c2ccc(Br)cc2)s1. The van der Waals surface area contributed by atoms with E-state index in [1.54, 1.807) is 12.1 Å². The monoisotopic (exact) mass is 509 g/mol. The molecular formula is C21H18BrCl2N3OS. The van der Waals surface area contributed by atoms with Gasteiger partial charge in [-0.2, -0.15) is 0 Å². The Morgan fingerprint density at radius 1 is 1.07 bits per heavy atom. The smallest absolute Gasteiger partial charge is 0.283 e. The summed E-state index contributed by atoms with van der Waals surface area (Å²) < 4.78 is 0.986. The number of nitrogens with one attached hydrogen (secondary N) is 1. The zero-order chi connectivity index (χ0) is 20.4. The largest absolute Gasteiger partial charge is 0.294 e.